The van der Waals surface area contributed by atoms with E-state index in [0.29, 0.717) is 5.52 Å². The van der Waals surface area contributed by atoms with Gasteiger partial charge in [0.25, 0.3) is 0 Å². The van der Waals surface area contributed by atoms with Crippen LogP contribution in [0.5, 0.6) is 0 Å². The second kappa shape index (κ2) is 4.90. The van der Waals surface area contributed by atoms with Crippen molar-refractivity contribution in [3.63, 3.8) is 0 Å². The van der Waals surface area contributed by atoms with Crippen molar-refractivity contribution in [2.75, 3.05) is 26.2 Å². The first-order valence-corrected chi connectivity index (χ1v) is 6.74. The second-order valence-electron chi connectivity index (χ2n) is 5.10. The van der Waals surface area contributed by atoms with E-state index in [9.17, 15) is 4.39 Å². The zero-order chi connectivity index (χ0) is 13.4. The maximum Gasteiger partial charge on any atom is 0.151 e. The minimum Gasteiger partial charge on any atom is -0.330 e. The molecule has 3 rings (SSSR count). The van der Waals surface area contributed by atoms with Gasteiger partial charge in [0.1, 0.15) is 11.3 Å². The molecule has 0 amide bonds. The topological polar surface area (TPSA) is 33.1 Å². The number of aryl methyl sites for hydroxylation is 1. The molecule has 1 aliphatic heterocycles. The van der Waals surface area contributed by atoms with Gasteiger partial charge in [0.05, 0.1) is 11.6 Å². The van der Waals surface area contributed by atoms with Gasteiger partial charge in [-0.1, -0.05) is 6.07 Å². The fourth-order valence-electron chi connectivity index (χ4n) is 2.80. The monoisotopic (exact) mass is 262 g/mol. The van der Waals surface area contributed by atoms with E-state index in [1.165, 1.54) is 6.07 Å². The largest absolute Gasteiger partial charge is 0.330 e. The Kier molecular flexibility index (Phi) is 3.24. The van der Waals surface area contributed by atoms with Crippen LogP contribution in [0.4, 0.5) is 4.39 Å². The third kappa shape index (κ3) is 2.13. The first-order chi connectivity index (χ1) is 9.18. The summed E-state index contributed by atoms with van der Waals surface area (Å²) in [5, 5.41) is 3.34. The van der Waals surface area contributed by atoms with Crippen LogP contribution < -0.4 is 5.32 Å². The average Bonchev–Trinajstić information content (AvgIpc) is 2.78. The first-order valence-electron chi connectivity index (χ1n) is 6.74. The lowest BCUT2D eigenvalue weighted by molar-refractivity contribution is 0.177. The lowest BCUT2D eigenvalue weighted by Gasteiger charge is -2.32. The molecule has 5 heteroatoms. The SMILES string of the molecule is CC(c1nc2c(F)cccc2n1C)N1CCNCC1. The Morgan fingerprint density at radius 2 is 2.05 bits per heavy atom. The van der Waals surface area contributed by atoms with Crippen molar-refractivity contribution in [2.24, 2.45) is 7.05 Å². The highest BCUT2D eigenvalue weighted by atomic mass is 19.1. The van der Waals surface area contributed by atoms with Crippen LogP contribution in [-0.4, -0.2) is 40.6 Å². The third-order valence-electron chi connectivity index (χ3n) is 3.97. The highest BCUT2D eigenvalue weighted by Gasteiger charge is 2.23. The summed E-state index contributed by atoms with van der Waals surface area (Å²) in [6, 6.07) is 5.32. The molecule has 1 aromatic heterocycles. The molecular formula is C14H19FN4. The van der Waals surface area contributed by atoms with Crippen molar-refractivity contribution in [3.05, 3.63) is 29.8 Å². The average molecular weight is 262 g/mol. The second-order valence-corrected chi connectivity index (χ2v) is 5.10. The van der Waals surface area contributed by atoms with Crippen molar-refractivity contribution < 1.29 is 4.39 Å². The van der Waals surface area contributed by atoms with E-state index in [2.05, 4.69) is 22.1 Å². The van der Waals surface area contributed by atoms with Crippen LogP contribution in [0.3, 0.4) is 0 Å². The number of para-hydroxylation sites is 1. The minimum atomic E-state index is -0.244. The summed E-state index contributed by atoms with van der Waals surface area (Å²) in [5.74, 6) is 0.689. The summed E-state index contributed by atoms with van der Waals surface area (Å²) in [5.41, 5.74) is 1.33. The van der Waals surface area contributed by atoms with Gasteiger partial charge >= 0.3 is 0 Å². The molecule has 0 saturated carbocycles. The quantitative estimate of drug-likeness (QED) is 0.894. The Morgan fingerprint density at radius 1 is 1.32 bits per heavy atom. The van der Waals surface area contributed by atoms with Crippen LogP contribution in [0.15, 0.2) is 18.2 Å². The molecule has 0 radical (unpaired) electrons. The Bertz CT molecular complexity index is 586. The van der Waals surface area contributed by atoms with E-state index in [1.54, 1.807) is 6.07 Å². The van der Waals surface area contributed by atoms with Crippen molar-refractivity contribution in [2.45, 2.75) is 13.0 Å². The maximum absolute atomic E-state index is 13.8. The number of halogens is 1. The number of nitrogens with one attached hydrogen (secondary N) is 1. The molecule has 4 nitrogen and oxygen atoms in total. The number of imidazole rings is 1. The molecule has 1 aromatic carbocycles. The van der Waals surface area contributed by atoms with Crippen molar-refractivity contribution in [3.8, 4) is 0 Å². The Morgan fingerprint density at radius 3 is 2.74 bits per heavy atom. The third-order valence-corrected chi connectivity index (χ3v) is 3.97. The van der Waals surface area contributed by atoms with Crippen LogP contribution in [0, 0.1) is 5.82 Å². The fraction of sp³-hybridized carbons (Fsp3) is 0.500. The summed E-state index contributed by atoms with van der Waals surface area (Å²) in [7, 11) is 1.96. The Hall–Kier alpha value is -1.46. The highest BCUT2D eigenvalue weighted by molar-refractivity contribution is 5.76. The zero-order valence-corrected chi connectivity index (χ0v) is 11.4. The number of hydrogen-bond donors (Lipinski definition) is 1. The molecule has 0 bridgehead atoms. The summed E-state index contributed by atoms with van der Waals surface area (Å²) in [6.07, 6.45) is 0. The summed E-state index contributed by atoms with van der Waals surface area (Å²) in [6.45, 7) is 6.16. The van der Waals surface area contributed by atoms with Crippen molar-refractivity contribution in [1.29, 1.82) is 0 Å². The number of benzene rings is 1. The standard InChI is InChI=1S/C14H19FN4/c1-10(19-8-6-16-7-9-19)14-17-13-11(15)4-3-5-12(13)18(14)2/h3-5,10,16H,6-9H2,1-2H3. The highest BCUT2D eigenvalue weighted by Crippen LogP contribution is 2.25. The van der Waals surface area contributed by atoms with Crippen LogP contribution in [0.25, 0.3) is 11.0 Å². The summed E-state index contributed by atoms with van der Waals surface area (Å²) >= 11 is 0. The van der Waals surface area contributed by atoms with Gasteiger partial charge in [-0.3, -0.25) is 4.90 Å². The predicted molar refractivity (Wildman–Crippen MR) is 73.5 cm³/mol. The van der Waals surface area contributed by atoms with E-state index in [0.717, 1.165) is 37.5 Å². The van der Waals surface area contributed by atoms with Gasteiger partial charge in [-0.15, -0.1) is 0 Å². The van der Waals surface area contributed by atoms with E-state index in [1.807, 2.05) is 17.7 Å². The smallest absolute Gasteiger partial charge is 0.151 e. The van der Waals surface area contributed by atoms with Gasteiger partial charge in [-0.25, -0.2) is 9.37 Å². The normalized spacial score (nSPS) is 18.9. The summed E-state index contributed by atoms with van der Waals surface area (Å²) in [4.78, 5) is 6.90. The van der Waals surface area contributed by atoms with Crippen LogP contribution in [-0.2, 0) is 7.05 Å². The van der Waals surface area contributed by atoms with Gasteiger partial charge in [0, 0.05) is 33.2 Å². The Balaban J connectivity index is 2.00. The minimum absolute atomic E-state index is 0.207. The Labute approximate surface area is 112 Å². The van der Waals surface area contributed by atoms with E-state index >= 15 is 0 Å². The number of hydrogen-bond acceptors (Lipinski definition) is 3. The van der Waals surface area contributed by atoms with Gasteiger partial charge in [-0.05, 0) is 19.1 Å². The number of piperazine rings is 1. The van der Waals surface area contributed by atoms with Gasteiger partial charge < -0.3 is 9.88 Å². The number of aromatic nitrogens is 2. The summed E-state index contributed by atoms with van der Waals surface area (Å²) < 4.78 is 15.8. The van der Waals surface area contributed by atoms with Crippen LogP contribution in [0.2, 0.25) is 0 Å². The van der Waals surface area contributed by atoms with E-state index in [4.69, 9.17) is 0 Å². The van der Waals surface area contributed by atoms with Gasteiger partial charge in [0.15, 0.2) is 5.82 Å². The van der Waals surface area contributed by atoms with Gasteiger partial charge in [-0.2, -0.15) is 0 Å². The van der Waals surface area contributed by atoms with Crippen LogP contribution >= 0.6 is 0 Å². The fourth-order valence-corrected chi connectivity index (χ4v) is 2.80. The molecule has 1 aliphatic rings. The van der Waals surface area contributed by atoms with Crippen molar-refractivity contribution >= 4 is 11.0 Å². The first kappa shape index (κ1) is 12.6. The van der Waals surface area contributed by atoms with Crippen molar-refractivity contribution in [1.82, 2.24) is 19.8 Å². The zero-order valence-electron chi connectivity index (χ0n) is 11.4. The maximum atomic E-state index is 13.8. The number of rotatable bonds is 2. The van der Waals surface area contributed by atoms with Gasteiger partial charge in [0.2, 0.25) is 0 Å². The van der Waals surface area contributed by atoms with E-state index in [-0.39, 0.29) is 11.9 Å². The molecule has 1 unspecified atom stereocenters. The molecule has 2 heterocycles. The number of nitrogens with zero attached hydrogens (tertiary/aromatic N) is 3. The molecule has 102 valence electrons. The molecule has 1 fully saturated rings. The lowest BCUT2D eigenvalue weighted by Crippen LogP contribution is -2.44. The molecule has 1 saturated heterocycles. The molecule has 0 spiro atoms. The number of fused-ring (bicyclic) bond motifs is 1. The molecular weight excluding hydrogens is 243 g/mol. The molecule has 19 heavy (non-hydrogen) atoms. The van der Waals surface area contributed by atoms with E-state index < -0.39 is 0 Å². The molecule has 1 N–H and O–H groups in total. The lowest BCUT2D eigenvalue weighted by atomic mass is 10.2. The molecule has 0 aliphatic carbocycles. The molecule has 1 atom stereocenters. The molecule has 2 aromatic rings. The predicted octanol–water partition coefficient (Wildman–Crippen LogP) is 1.68. The van der Waals surface area contributed by atoms with Crippen LogP contribution in [0.1, 0.15) is 18.8 Å².